The third kappa shape index (κ3) is 6.15. The van der Waals surface area contributed by atoms with E-state index >= 15 is 0 Å². The molecule has 2 aromatic rings. The molecule has 0 saturated heterocycles. The van der Waals surface area contributed by atoms with Crippen LogP contribution in [-0.2, 0) is 17.9 Å². The normalized spacial score (nSPS) is 12.2. The molecule has 0 spiro atoms. The summed E-state index contributed by atoms with van der Waals surface area (Å²) in [6.45, 7) is 0.00271. The van der Waals surface area contributed by atoms with Gasteiger partial charge in [-0.05, 0) is 37.2 Å². The number of likely N-dealkylation sites (N-methyl/N-ethyl adjacent to an activating group) is 1. The number of nitrogens with one attached hydrogen (secondary N) is 1. The van der Waals surface area contributed by atoms with Gasteiger partial charge in [0.25, 0.3) is 0 Å². The summed E-state index contributed by atoms with van der Waals surface area (Å²) in [6, 6.07) is 15.8. The van der Waals surface area contributed by atoms with E-state index in [4.69, 9.17) is 0 Å². The highest BCUT2D eigenvalue weighted by Gasteiger charge is 2.18. The minimum absolute atomic E-state index is 0.0657. The number of carbonyl (C=O) groups excluding carboxylic acids is 1. The van der Waals surface area contributed by atoms with Crippen LogP contribution in [0.5, 0.6) is 5.75 Å². The van der Waals surface area contributed by atoms with Gasteiger partial charge in [0, 0.05) is 13.1 Å². The van der Waals surface area contributed by atoms with Crippen molar-refractivity contribution in [2.45, 2.75) is 32.7 Å². The molecular formula is C19H22F2N2O2. The van der Waals surface area contributed by atoms with Crippen molar-refractivity contribution < 1.29 is 18.3 Å². The Hall–Kier alpha value is -2.47. The van der Waals surface area contributed by atoms with Crippen molar-refractivity contribution in [1.29, 1.82) is 0 Å². The fraction of sp³-hybridized carbons (Fsp3) is 0.316. The molecule has 1 N–H and O–H groups in total. The van der Waals surface area contributed by atoms with E-state index in [1.54, 1.807) is 12.1 Å². The van der Waals surface area contributed by atoms with Crippen LogP contribution < -0.4 is 10.1 Å². The number of hydrogen-bond donors (Lipinski definition) is 1. The fourth-order valence-corrected chi connectivity index (χ4v) is 2.33. The van der Waals surface area contributed by atoms with Crippen LogP contribution in [0.15, 0.2) is 54.6 Å². The van der Waals surface area contributed by atoms with Crippen LogP contribution in [0.25, 0.3) is 0 Å². The fourth-order valence-electron chi connectivity index (χ4n) is 2.33. The number of nitrogens with zero attached hydrogens (tertiary/aromatic N) is 1. The number of rotatable bonds is 8. The van der Waals surface area contributed by atoms with Gasteiger partial charge in [-0.1, -0.05) is 42.5 Å². The van der Waals surface area contributed by atoms with E-state index in [-0.39, 0.29) is 17.7 Å². The number of ether oxygens (including phenoxy) is 1. The zero-order chi connectivity index (χ0) is 18.2. The first-order chi connectivity index (χ1) is 12.0. The van der Waals surface area contributed by atoms with Crippen LogP contribution >= 0.6 is 0 Å². The van der Waals surface area contributed by atoms with Crippen LogP contribution in [0, 0.1) is 0 Å². The molecule has 25 heavy (non-hydrogen) atoms. The largest absolute Gasteiger partial charge is 0.435 e. The molecule has 0 aliphatic carbocycles. The molecule has 0 heterocycles. The Morgan fingerprint density at radius 2 is 1.72 bits per heavy atom. The van der Waals surface area contributed by atoms with E-state index in [2.05, 4.69) is 10.1 Å². The Morgan fingerprint density at radius 1 is 1.08 bits per heavy atom. The first kappa shape index (κ1) is 18.9. The SMILES string of the molecule is CC(C(=O)NCc1ccccc1)N(C)Cc1ccc(OC(F)F)cc1. The first-order valence-corrected chi connectivity index (χ1v) is 8.01. The lowest BCUT2D eigenvalue weighted by Crippen LogP contribution is -2.42. The summed E-state index contributed by atoms with van der Waals surface area (Å²) in [5, 5.41) is 2.91. The van der Waals surface area contributed by atoms with Crippen molar-refractivity contribution in [2.75, 3.05) is 7.05 Å². The maximum atomic E-state index is 12.3. The molecule has 0 aliphatic heterocycles. The minimum atomic E-state index is -2.83. The van der Waals surface area contributed by atoms with Gasteiger partial charge < -0.3 is 10.1 Å². The maximum absolute atomic E-state index is 12.3. The van der Waals surface area contributed by atoms with Crippen LogP contribution in [-0.4, -0.2) is 30.5 Å². The van der Waals surface area contributed by atoms with Crippen molar-refractivity contribution in [3.05, 3.63) is 65.7 Å². The molecule has 0 aromatic heterocycles. The molecule has 0 aliphatic rings. The molecule has 0 bridgehead atoms. The van der Waals surface area contributed by atoms with Gasteiger partial charge >= 0.3 is 6.61 Å². The van der Waals surface area contributed by atoms with Gasteiger partial charge in [-0.2, -0.15) is 8.78 Å². The highest BCUT2D eigenvalue weighted by Crippen LogP contribution is 2.16. The van der Waals surface area contributed by atoms with Gasteiger partial charge in [0.05, 0.1) is 6.04 Å². The molecule has 4 nitrogen and oxygen atoms in total. The Balaban J connectivity index is 1.84. The average molecular weight is 348 g/mol. The van der Waals surface area contributed by atoms with Crippen LogP contribution in [0.4, 0.5) is 8.78 Å². The molecule has 0 fully saturated rings. The zero-order valence-corrected chi connectivity index (χ0v) is 14.3. The number of benzene rings is 2. The van der Waals surface area contributed by atoms with Gasteiger partial charge in [-0.25, -0.2) is 0 Å². The van der Waals surface area contributed by atoms with E-state index in [1.165, 1.54) is 12.1 Å². The van der Waals surface area contributed by atoms with Crippen molar-refractivity contribution in [2.24, 2.45) is 0 Å². The molecule has 0 saturated carbocycles. The van der Waals surface area contributed by atoms with Crippen molar-refractivity contribution in [3.8, 4) is 5.75 Å². The topological polar surface area (TPSA) is 41.6 Å². The molecule has 0 radical (unpaired) electrons. The zero-order valence-electron chi connectivity index (χ0n) is 14.3. The van der Waals surface area contributed by atoms with Crippen LogP contribution in [0.2, 0.25) is 0 Å². The molecular weight excluding hydrogens is 326 g/mol. The number of halogens is 2. The second-order valence-corrected chi connectivity index (χ2v) is 5.82. The first-order valence-electron chi connectivity index (χ1n) is 8.01. The smallest absolute Gasteiger partial charge is 0.387 e. The average Bonchev–Trinajstić information content (AvgIpc) is 2.61. The lowest BCUT2D eigenvalue weighted by atomic mass is 10.1. The summed E-state index contributed by atoms with van der Waals surface area (Å²) in [5.41, 5.74) is 1.95. The summed E-state index contributed by atoms with van der Waals surface area (Å²) in [5.74, 6) is 0.0547. The number of carbonyl (C=O) groups is 1. The third-order valence-electron chi connectivity index (χ3n) is 3.93. The van der Waals surface area contributed by atoms with E-state index in [1.807, 2.05) is 49.2 Å². The summed E-state index contributed by atoms with van der Waals surface area (Å²) < 4.78 is 28.6. The van der Waals surface area contributed by atoms with Crippen molar-refractivity contribution in [1.82, 2.24) is 10.2 Å². The number of hydrogen-bond acceptors (Lipinski definition) is 3. The summed E-state index contributed by atoms with van der Waals surface area (Å²) >= 11 is 0. The van der Waals surface area contributed by atoms with Crippen molar-refractivity contribution >= 4 is 5.91 Å². The lowest BCUT2D eigenvalue weighted by molar-refractivity contribution is -0.125. The van der Waals surface area contributed by atoms with E-state index in [0.29, 0.717) is 13.1 Å². The molecule has 6 heteroatoms. The monoisotopic (exact) mass is 348 g/mol. The molecule has 134 valence electrons. The van der Waals surface area contributed by atoms with Crippen molar-refractivity contribution in [3.63, 3.8) is 0 Å². The van der Waals surface area contributed by atoms with Gasteiger partial charge in [-0.15, -0.1) is 0 Å². The molecule has 1 atom stereocenters. The van der Waals surface area contributed by atoms with E-state index < -0.39 is 6.61 Å². The quantitative estimate of drug-likeness (QED) is 0.795. The highest BCUT2D eigenvalue weighted by molar-refractivity contribution is 5.81. The Labute approximate surface area is 146 Å². The summed E-state index contributed by atoms with van der Waals surface area (Å²) in [6.07, 6.45) is 0. The van der Waals surface area contributed by atoms with Gasteiger partial charge in [0.2, 0.25) is 5.91 Å². The summed E-state index contributed by atoms with van der Waals surface area (Å²) in [4.78, 5) is 14.2. The maximum Gasteiger partial charge on any atom is 0.387 e. The molecule has 1 amide bonds. The minimum Gasteiger partial charge on any atom is -0.435 e. The van der Waals surface area contributed by atoms with Crippen LogP contribution in [0.3, 0.4) is 0 Å². The highest BCUT2D eigenvalue weighted by atomic mass is 19.3. The molecule has 2 rings (SSSR count). The van der Waals surface area contributed by atoms with E-state index in [9.17, 15) is 13.6 Å². The lowest BCUT2D eigenvalue weighted by Gasteiger charge is -2.24. The third-order valence-corrected chi connectivity index (χ3v) is 3.93. The molecule has 1 unspecified atom stereocenters. The Morgan fingerprint density at radius 3 is 2.32 bits per heavy atom. The molecule has 2 aromatic carbocycles. The second-order valence-electron chi connectivity index (χ2n) is 5.82. The number of alkyl halides is 2. The Bertz CT molecular complexity index is 663. The summed E-state index contributed by atoms with van der Waals surface area (Å²) in [7, 11) is 1.84. The van der Waals surface area contributed by atoms with Gasteiger partial charge in [-0.3, -0.25) is 9.69 Å². The van der Waals surface area contributed by atoms with Crippen LogP contribution in [0.1, 0.15) is 18.1 Å². The standard InChI is InChI=1S/C19H22F2N2O2/c1-14(18(24)22-12-15-6-4-3-5-7-15)23(2)13-16-8-10-17(11-9-16)25-19(20)21/h3-11,14,19H,12-13H2,1-2H3,(H,22,24). The Kier molecular flexibility index (Phi) is 6.89. The van der Waals surface area contributed by atoms with E-state index in [0.717, 1.165) is 11.1 Å². The van der Waals surface area contributed by atoms with Gasteiger partial charge in [0.1, 0.15) is 5.75 Å². The number of amides is 1. The van der Waals surface area contributed by atoms with Gasteiger partial charge in [0.15, 0.2) is 0 Å². The predicted molar refractivity (Wildman–Crippen MR) is 92.3 cm³/mol. The second kappa shape index (κ2) is 9.13. The predicted octanol–water partition coefficient (Wildman–Crippen LogP) is 3.42.